The standard InChI is InChI=1S/C22H28S2/c1-4-5-6-7-8-22(24-21-15-11-19(3)12-16-21)17-23-20-13-9-18(2)10-14-20/h9-17H,4-8H2,1-3H3/b22-17-. The van der Waals surface area contributed by atoms with E-state index in [1.807, 2.05) is 23.5 Å². The molecule has 0 saturated carbocycles. The predicted molar refractivity (Wildman–Crippen MR) is 111 cm³/mol. The third-order valence-electron chi connectivity index (χ3n) is 3.89. The number of allylic oxidation sites excluding steroid dienone is 1. The summed E-state index contributed by atoms with van der Waals surface area (Å²) in [7, 11) is 0. The summed E-state index contributed by atoms with van der Waals surface area (Å²) in [6.07, 6.45) is 6.43. The zero-order valence-electron chi connectivity index (χ0n) is 15.0. The second kappa shape index (κ2) is 10.7. The van der Waals surface area contributed by atoms with Crippen molar-refractivity contribution in [2.75, 3.05) is 0 Å². The van der Waals surface area contributed by atoms with Gasteiger partial charge in [-0.3, -0.25) is 0 Å². The van der Waals surface area contributed by atoms with Crippen LogP contribution < -0.4 is 0 Å². The van der Waals surface area contributed by atoms with Gasteiger partial charge in [-0.15, -0.1) is 0 Å². The second-order valence-corrected chi connectivity index (χ2v) is 8.38. The minimum atomic E-state index is 1.18. The summed E-state index contributed by atoms with van der Waals surface area (Å²) in [4.78, 5) is 4.13. The van der Waals surface area contributed by atoms with Crippen molar-refractivity contribution in [3.63, 3.8) is 0 Å². The van der Waals surface area contributed by atoms with Gasteiger partial charge in [0.05, 0.1) is 0 Å². The molecule has 128 valence electrons. The summed E-state index contributed by atoms with van der Waals surface area (Å²) in [5.74, 6) is 0. The van der Waals surface area contributed by atoms with Crippen molar-refractivity contribution in [3.05, 3.63) is 70.0 Å². The first kappa shape index (κ1) is 19.2. The minimum Gasteiger partial charge on any atom is -0.0972 e. The Morgan fingerprint density at radius 2 is 1.38 bits per heavy atom. The van der Waals surface area contributed by atoms with Gasteiger partial charge in [-0.05, 0) is 61.3 Å². The number of benzene rings is 2. The normalized spacial score (nSPS) is 11.7. The highest BCUT2D eigenvalue weighted by molar-refractivity contribution is 8.06. The molecule has 0 aromatic heterocycles. The van der Waals surface area contributed by atoms with Crippen LogP contribution in [0.1, 0.15) is 50.2 Å². The first-order valence-electron chi connectivity index (χ1n) is 8.84. The Kier molecular flexibility index (Phi) is 8.55. The molecule has 0 aliphatic carbocycles. The van der Waals surface area contributed by atoms with Crippen LogP contribution in [-0.2, 0) is 0 Å². The highest BCUT2D eigenvalue weighted by Gasteiger charge is 2.03. The van der Waals surface area contributed by atoms with Crippen molar-refractivity contribution >= 4 is 23.5 Å². The Hall–Kier alpha value is -1.12. The van der Waals surface area contributed by atoms with E-state index in [2.05, 4.69) is 74.7 Å². The molecule has 2 aromatic carbocycles. The molecule has 0 unspecified atom stereocenters. The van der Waals surface area contributed by atoms with Gasteiger partial charge in [0.2, 0.25) is 0 Å². The molecule has 0 atom stereocenters. The van der Waals surface area contributed by atoms with Crippen molar-refractivity contribution in [1.29, 1.82) is 0 Å². The molecule has 0 N–H and O–H groups in total. The molecular formula is C22H28S2. The van der Waals surface area contributed by atoms with Crippen LogP contribution in [0.25, 0.3) is 0 Å². The lowest BCUT2D eigenvalue weighted by Crippen LogP contribution is -1.82. The fraction of sp³-hybridized carbons (Fsp3) is 0.364. The third-order valence-corrected chi connectivity index (χ3v) is 6.08. The molecule has 0 heterocycles. The average molecular weight is 357 g/mol. The minimum absolute atomic E-state index is 1.18. The lowest BCUT2D eigenvalue weighted by atomic mass is 10.1. The zero-order valence-corrected chi connectivity index (χ0v) is 16.7. The summed E-state index contributed by atoms with van der Waals surface area (Å²) < 4.78 is 0. The number of hydrogen-bond acceptors (Lipinski definition) is 2. The Morgan fingerprint density at radius 1 is 0.792 bits per heavy atom. The van der Waals surface area contributed by atoms with E-state index in [1.165, 1.54) is 57.9 Å². The monoisotopic (exact) mass is 356 g/mol. The summed E-state index contributed by atoms with van der Waals surface area (Å²) in [5.41, 5.74) is 2.64. The SMILES string of the molecule is CCCCCC/C(=C/Sc1ccc(C)cc1)Sc1ccc(C)cc1. The Labute approximate surface area is 156 Å². The topological polar surface area (TPSA) is 0 Å². The van der Waals surface area contributed by atoms with E-state index in [-0.39, 0.29) is 0 Å². The fourth-order valence-electron chi connectivity index (χ4n) is 2.37. The van der Waals surface area contributed by atoms with Crippen molar-refractivity contribution < 1.29 is 0 Å². The van der Waals surface area contributed by atoms with Crippen molar-refractivity contribution in [2.45, 2.75) is 62.7 Å². The molecule has 0 nitrogen and oxygen atoms in total. The van der Waals surface area contributed by atoms with Crippen molar-refractivity contribution in [1.82, 2.24) is 0 Å². The van der Waals surface area contributed by atoms with Gasteiger partial charge in [0.15, 0.2) is 0 Å². The van der Waals surface area contributed by atoms with E-state index >= 15 is 0 Å². The maximum absolute atomic E-state index is 2.35. The number of rotatable bonds is 9. The van der Waals surface area contributed by atoms with E-state index < -0.39 is 0 Å². The lowest BCUT2D eigenvalue weighted by molar-refractivity contribution is 0.672. The first-order chi connectivity index (χ1) is 11.7. The number of hydrogen-bond donors (Lipinski definition) is 0. The molecule has 0 fully saturated rings. The van der Waals surface area contributed by atoms with E-state index in [0.717, 1.165) is 0 Å². The van der Waals surface area contributed by atoms with Crippen LogP contribution in [0.3, 0.4) is 0 Å². The van der Waals surface area contributed by atoms with Gasteiger partial charge in [0, 0.05) is 9.79 Å². The summed E-state index contributed by atoms with van der Waals surface area (Å²) in [5, 5.41) is 2.35. The highest BCUT2D eigenvalue weighted by atomic mass is 32.2. The molecule has 0 bridgehead atoms. The van der Waals surface area contributed by atoms with E-state index in [4.69, 9.17) is 0 Å². The van der Waals surface area contributed by atoms with Crippen LogP contribution >= 0.6 is 23.5 Å². The molecule has 0 aliphatic heterocycles. The lowest BCUT2D eigenvalue weighted by Gasteiger charge is -2.08. The van der Waals surface area contributed by atoms with Gasteiger partial charge in [-0.1, -0.05) is 85.1 Å². The molecule has 0 spiro atoms. The van der Waals surface area contributed by atoms with Crippen molar-refractivity contribution in [2.24, 2.45) is 0 Å². The van der Waals surface area contributed by atoms with Crippen LogP contribution in [-0.4, -0.2) is 0 Å². The zero-order chi connectivity index (χ0) is 17.2. The second-order valence-electron chi connectivity index (χ2n) is 6.24. The van der Waals surface area contributed by atoms with E-state index in [9.17, 15) is 0 Å². The molecule has 2 heteroatoms. The van der Waals surface area contributed by atoms with Gasteiger partial charge in [-0.2, -0.15) is 0 Å². The van der Waals surface area contributed by atoms with Crippen molar-refractivity contribution in [3.8, 4) is 0 Å². The third kappa shape index (κ3) is 7.19. The maximum Gasteiger partial charge on any atom is 0.0119 e. The van der Waals surface area contributed by atoms with E-state index in [0.29, 0.717) is 0 Å². The molecule has 0 amide bonds. The molecule has 0 saturated heterocycles. The first-order valence-corrected chi connectivity index (χ1v) is 10.5. The summed E-state index contributed by atoms with van der Waals surface area (Å²) >= 11 is 3.76. The highest BCUT2D eigenvalue weighted by Crippen LogP contribution is 2.34. The van der Waals surface area contributed by atoms with Crippen LogP contribution in [0.4, 0.5) is 0 Å². The summed E-state index contributed by atoms with van der Waals surface area (Å²) in [6, 6.07) is 17.7. The largest absolute Gasteiger partial charge is 0.0972 e. The smallest absolute Gasteiger partial charge is 0.0119 e. The number of thioether (sulfide) groups is 2. The molecule has 0 aliphatic rings. The fourth-order valence-corrected chi connectivity index (χ4v) is 4.21. The summed E-state index contributed by atoms with van der Waals surface area (Å²) in [6.45, 7) is 6.55. The van der Waals surface area contributed by atoms with Crippen LogP contribution in [0.5, 0.6) is 0 Å². The van der Waals surface area contributed by atoms with Gasteiger partial charge in [0.1, 0.15) is 0 Å². The molecule has 0 radical (unpaired) electrons. The van der Waals surface area contributed by atoms with Crippen LogP contribution in [0.2, 0.25) is 0 Å². The molecule has 2 aromatic rings. The number of aryl methyl sites for hydroxylation is 2. The number of unbranched alkanes of at least 4 members (excludes halogenated alkanes) is 3. The molecule has 2 rings (SSSR count). The Bertz CT molecular complexity index is 624. The molecule has 24 heavy (non-hydrogen) atoms. The Morgan fingerprint density at radius 3 is 1.96 bits per heavy atom. The van der Waals surface area contributed by atoms with E-state index in [1.54, 1.807) is 0 Å². The van der Waals surface area contributed by atoms with Gasteiger partial charge in [-0.25, -0.2) is 0 Å². The molecular weight excluding hydrogens is 328 g/mol. The van der Waals surface area contributed by atoms with Crippen LogP contribution in [0, 0.1) is 13.8 Å². The van der Waals surface area contributed by atoms with Crippen LogP contribution in [0.15, 0.2) is 68.6 Å². The maximum atomic E-state index is 2.35. The average Bonchev–Trinajstić information content (AvgIpc) is 2.59. The van der Waals surface area contributed by atoms with Gasteiger partial charge >= 0.3 is 0 Å². The quantitative estimate of drug-likeness (QED) is 0.330. The van der Waals surface area contributed by atoms with Gasteiger partial charge < -0.3 is 0 Å². The van der Waals surface area contributed by atoms with Gasteiger partial charge in [0.25, 0.3) is 0 Å². The Balaban J connectivity index is 2.01. The predicted octanol–water partition coefficient (Wildman–Crippen LogP) is 8.00.